The van der Waals surface area contributed by atoms with Crippen LogP contribution in [0, 0.1) is 0 Å². The predicted molar refractivity (Wildman–Crippen MR) is 96.6 cm³/mol. The molecule has 8 heteroatoms. The van der Waals surface area contributed by atoms with E-state index in [1.165, 1.54) is 13.2 Å². The minimum atomic E-state index is -1.07. The summed E-state index contributed by atoms with van der Waals surface area (Å²) in [6, 6.07) is 12.4. The summed E-state index contributed by atoms with van der Waals surface area (Å²) in [5.74, 6) is -1.53. The molecule has 2 amide bonds. The number of amides is 2. The molecule has 0 saturated heterocycles. The Balaban J connectivity index is 2.26. The number of methoxy groups -OCH3 is 1. The molecule has 8 nitrogen and oxygen atoms in total. The molecule has 0 unspecified atom stereocenters. The smallest absolute Gasteiger partial charge is 0.305 e. The van der Waals surface area contributed by atoms with Crippen LogP contribution in [0.3, 0.4) is 0 Å². The molecule has 2 aromatic rings. The predicted octanol–water partition coefficient (Wildman–Crippen LogP) is 1.51. The van der Waals surface area contributed by atoms with Gasteiger partial charge in [-0.2, -0.15) is 0 Å². The van der Waals surface area contributed by atoms with Gasteiger partial charge in [0, 0.05) is 5.56 Å². The summed E-state index contributed by atoms with van der Waals surface area (Å²) in [4.78, 5) is 34.5. The van der Waals surface area contributed by atoms with E-state index in [4.69, 9.17) is 15.2 Å². The Bertz CT molecular complexity index is 822. The van der Waals surface area contributed by atoms with E-state index in [0.717, 1.165) is 0 Å². The highest BCUT2D eigenvalue weighted by Crippen LogP contribution is 2.31. The lowest BCUT2D eigenvalue weighted by atomic mass is 10.0. The quantitative estimate of drug-likeness (QED) is 0.612. The Morgan fingerprint density at radius 1 is 1.11 bits per heavy atom. The van der Waals surface area contributed by atoms with Gasteiger partial charge in [-0.15, -0.1) is 0 Å². The topological polar surface area (TPSA) is 128 Å². The normalized spacial score (nSPS) is 11.3. The van der Waals surface area contributed by atoms with E-state index in [2.05, 4.69) is 5.32 Å². The van der Waals surface area contributed by atoms with Crippen LogP contribution in [0.5, 0.6) is 11.5 Å². The molecule has 1 atom stereocenters. The van der Waals surface area contributed by atoms with Crippen molar-refractivity contribution in [2.45, 2.75) is 12.5 Å². The number of carbonyl (C=O) groups excluding carboxylic acids is 2. The molecule has 4 N–H and O–H groups in total. The molecule has 0 aromatic heterocycles. The number of nitrogens with one attached hydrogen (secondary N) is 1. The van der Waals surface area contributed by atoms with Gasteiger partial charge in [-0.05, 0) is 29.8 Å². The molecule has 142 valence electrons. The van der Waals surface area contributed by atoms with Crippen LogP contribution in [-0.2, 0) is 9.59 Å². The number of carboxylic acids is 1. The fourth-order valence-corrected chi connectivity index (χ4v) is 2.43. The number of primary amides is 1. The minimum absolute atomic E-state index is 0.281. The van der Waals surface area contributed by atoms with Gasteiger partial charge in [-0.1, -0.05) is 24.3 Å². The third-order valence-electron chi connectivity index (χ3n) is 3.68. The highest BCUT2D eigenvalue weighted by molar-refractivity contribution is 5.94. The molecule has 0 radical (unpaired) electrons. The number of rotatable bonds is 9. The molecule has 0 fully saturated rings. The van der Waals surface area contributed by atoms with Gasteiger partial charge < -0.3 is 25.6 Å². The summed E-state index contributed by atoms with van der Waals surface area (Å²) in [5.41, 5.74) is 5.99. The van der Waals surface area contributed by atoms with Gasteiger partial charge in [0.25, 0.3) is 11.8 Å². The first-order valence-electron chi connectivity index (χ1n) is 8.07. The standard InChI is InChI=1S/C19H20N2O6/c1-26-16-9-13(7-8-15(16)27-11-17(20)22)14(10-18(23)24)21-19(25)12-5-3-2-4-6-12/h2-9,14H,10-11H2,1H3,(H2,20,22)(H,21,25)(H,23,24)/t14-/m0/s1. The summed E-state index contributed by atoms with van der Waals surface area (Å²) in [6.07, 6.45) is -0.316. The van der Waals surface area contributed by atoms with Crippen molar-refractivity contribution in [2.24, 2.45) is 5.73 Å². The summed E-state index contributed by atoms with van der Waals surface area (Å²) in [5, 5.41) is 11.9. The van der Waals surface area contributed by atoms with Gasteiger partial charge in [0.2, 0.25) is 0 Å². The highest BCUT2D eigenvalue weighted by Gasteiger charge is 2.20. The van der Waals surface area contributed by atoms with Gasteiger partial charge in [-0.25, -0.2) is 0 Å². The third kappa shape index (κ3) is 5.74. The summed E-state index contributed by atoms with van der Waals surface area (Å²) >= 11 is 0. The number of aliphatic carboxylic acids is 1. The van der Waals surface area contributed by atoms with Crippen LogP contribution in [-0.4, -0.2) is 36.6 Å². The first-order valence-corrected chi connectivity index (χ1v) is 8.07. The van der Waals surface area contributed by atoms with Crippen LogP contribution < -0.4 is 20.5 Å². The second kappa shape index (κ2) is 9.23. The van der Waals surface area contributed by atoms with Crippen LogP contribution in [0.15, 0.2) is 48.5 Å². The number of hydrogen-bond acceptors (Lipinski definition) is 5. The molecule has 0 aliphatic rings. The maximum Gasteiger partial charge on any atom is 0.305 e. The van der Waals surface area contributed by atoms with E-state index in [9.17, 15) is 19.5 Å². The number of nitrogens with two attached hydrogens (primary N) is 1. The third-order valence-corrected chi connectivity index (χ3v) is 3.68. The van der Waals surface area contributed by atoms with Crippen molar-refractivity contribution in [1.82, 2.24) is 5.32 Å². The van der Waals surface area contributed by atoms with E-state index in [1.54, 1.807) is 42.5 Å². The molecule has 0 spiro atoms. The zero-order valence-electron chi connectivity index (χ0n) is 14.7. The maximum atomic E-state index is 12.4. The second-order valence-corrected chi connectivity index (χ2v) is 5.66. The molecule has 0 saturated carbocycles. The molecule has 0 aliphatic carbocycles. The SMILES string of the molecule is COc1cc([C@H](CC(=O)O)NC(=O)c2ccccc2)ccc1OCC(N)=O. The number of carbonyl (C=O) groups is 3. The molecule has 2 aromatic carbocycles. The van der Waals surface area contributed by atoms with Crippen LogP contribution >= 0.6 is 0 Å². The van der Waals surface area contributed by atoms with E-state index in [0.29, 0.717) is 11.1 Å². The van der Waals surface area contributed by atoms with Crippen LogP contribution in [0.4, 0.5) is 0 Å². The summed E-state index contributed by atoms with van der Waals surface area (Å²) in [6.45, 7) is -0.320. The Kier molecular flexibility index (Phi) is 6.76. The van der Waals surface area contributed by atoms with Crippen molar-refractivity contribution in [2.75, 3.05) is 13.7 Å². The largest absolute Gasteiger partial charge is 0.493 e. The second-order valence-electron chi connectivity index (χ2n) is 5.66. The average Bonchev–Trinajstić information content (AvgIpc) is 2.65. The lowest BCUT2D eigenvalue weighted by Crippen LogP contribution is -2.30. The van der Waals surface area contributed by atoms with Crippen molar-refractivity contribution in [3.8, 4) is 11.5 Å². The fourth-order valence-electron chi connectivity index (χ4n) is 2.43. The minimum Gasteiger partial charge on any atom is -0.493 e. The average molecular weight is 372 g/mol. The van der Waals surface area contributed by atoms with Crippen LogP contribution in [0.1, 0.15) is 28.4 Å². The number of carboxylic acid groups (broad SMARTS) is 1. The lowest BCUT2D eigenvalue weighted by molar-refractivity contribution is -0.137. The zero-order valence-corrected chi connectivity index (χ0v) is 14.7. The van der Waals surface area contributed by atoms with Crippen molar-refractivity contribution >= 4 is 17.8 Å². The van der Waals surface area contributed by atoms with Crippen LogP contribution in [0.25, 0.3) is 0 Å². The Morgan fingerprint density at radius 3 is 2.41 bits per heavy atom. The van der Waals surface area contributed by atoms with Crippen molar-refractivity contribution in [1.29, 1.82) is 0 Å². The van der Waals surface area contributed by atoms with E-state index in [-0.39, 0.29) is 24.5 Å². The molecule has 2 rings (SSSR count). The van der Waals surface area contributed by atoms with Gasteiger partial charge in [0.1, 0.15) is 0 Å². The van der Waals surface area contributed by atoms with Gasteiger partial charge in [0.05, 0.1) is 19.6 Å². The molecular weight excluding hydrogens is 352 g/mol. The molecular formula is C19H20N2O6. The van der Waals surface area contributed by atoms with E-state index < -0.39 is 23.8 Å². The number of benzene rings is 2. The monoisotopic (exact) mass is 372 g/mol. The van der Waals surface area contributed by atoms with Gasteiger partial charge in [-0.3, -0.25) is 14.4 Å². The molecule has 0 bridgehead atoms. The van der Waals surface area contributed by atoms with Crippen molar-refractivity contribution < 1.29 is 29.0 Å². The van der Waals surface area contributed by atoms with Gasteiger partial charge >= 0.3 is 5.97 Å². The zero-order chi connectivity index (χ0) is 19.8. The molecule has 0 heterocycles. The Labute approximate surface area is 155 Å². The first kappa shape index (κ1) is 19.8. The van der Waals surface area contributed by atoms with Gasteiger partial charge in [0.15, 0.2) is 18.1 Å². The fraction of sp³-hybridized carbons (Fsp3) is 0.211. The Hall–Kier alpha value is -3.55. The van der Waals surface area contributed by atoms with E-state index >= 15 is 0 Å². The molecule has 0 aliphatic heterocycles. The lowest BCUT2D eigenvalue weighted by Gasteiger charge is -2.19. The first-order chi connectivity index (χ1) is 12.9. The molecule has 27 heavy (non-hydrogen) atoms. The number of ether oxygens (including phenoxy) is 2. The summed E-state index contributed by atoms with van der Waals surface area (Å²) in [7, 11) is 1.41. The van der Waals surface area contributed by atoms with Crippen molar-refractivity contribution in [3.05, 3.63) is 59.7 Å². The van der Waals surface area contributed by atoms with Crippen LogP contribution in [0.2, 0.25) is 0 Å². The summed E-state index contributed by atoms with van der Waals surface area (Å²) < 4.78 is 10.5. The number of hydrogen-bond donors (Lipinski definition) is 3. The highest BCUT2D eigenvalue weighted by atomic mass is 16.5. The van der Waals surface area contributed by atoms with Crippen molar-refractivity contribution in [3.63, 3.8) is 0 Å². The maximum absolute atomic E-state index is 12.4. The van der Waals surface area contributed by atoms with E-state index in [1.807, 2.05) is 0 Å². The Morgan fingerprint density at radius 2 is 1.81 bits per heavy atom.